The molecule has 2 amide bonds. The van der Waals surface area contributed by atoms with Gasteiger partial charge in [-0.2, -0.15) is 0 Å². The molecule has 0 aliphatic carbocycles. The highest BCUT2D eigenvalue weighted by atomic mass is 16.3. The Morgan fingerprint density at radius 3 is 2.82 bits per heavy atom. The molecule has 4 rings (SSSR count). The fourth-order valence-electron chi connectivity index (χ4n) is 4.33. The van der Waals surface area contributed by atoms with Gasteiger partial charge in [0, 0.05) is 30.9 Å². The van der Waals surface area contributed by atoms with E-state index in [1.54, 1.807) is 6.07 Å². The minimum absolute atomic E-state index is 0.0164. The second-order valence-electron chi connectivity index (χ2n) is 8.03. The van der Waals surface area contributed by atoms with E-state index in [0.29, 0.717) is 30.2 Å². The van der Waals surface area contributed by atoms with Gasteiger partial charge in [0.05, 0.1) is 0 Å². The molecule has 2 saturated heterocycles. The Balaban J connectivity index is 1.29. The molecule has 2 aliphatic rings. The summed E-state index contributed by atoms with van der Waals surface area (Å²) in [4.78, 5) is 27.1. The Morgan fingerprint density at radius 1 is 1.18 bits per heavy atom. The number of rotatable bonds is 5. The Labute approximate surface area is 165 Å². The smallest absolute Gasteiger partial charge is 0.287 e. The van der Waals surface area contributed by atoms with Gasteiger partial charge in [0.15, 0.2) is 5.76 Å². The van der Waals surface area contributed by atoms with E-state index in [1.165, 1.54) is 12.8 Å². The molecule has 0 spiro atoms. The summed E-state index contributed by atoms with van der Waals surface area (Å²) in [6, 6.07) is 9.36. The third kappa shape index (κ3) is 4.55. The minimum atomic E-state index is -0.204. The third-order valence-corrected chi connectivity index (χ3v) is 5.98. The van der Waals surface area contributed by atoms with Crippen LogP contribution in [-0.2, 0) is 4.79 Å². The Bertz CT molecular complexity index is 792. The number of nitrogens with one attached hydrogen (secondary N) is 2. The summed E-state index contributed by atoms with van der Waals surface area (Å²) in [5.41, 5.74) is 0.714. The van der Waals surface area contributed by atoms with Gasteiger partial charge in [-0.05, 0) is 63.2 Å². The van der Waals surface area contributed by atoms with E-state index in [0.717, 1.165) is 44.3 Å². The highest BCUT2D eigenvalue weighted by Crippen LogP contribution is 2.21. The van der Waals surface area contributed by atoms with Crippen LogP contribution in [0.3, 0.4) is 0 Å². The summed E-state index contributed by atoms with van der Waals surface area (Å²) >= 11 is 0. The zero-order valence-electron chi connectivity index (χ0n) is 16.3. The monoisotopic (exact) mass is 383 g/mol. The van der Waals surface area contributed by atoms with Crippen LogP contribution >= 0.6 is 0 Å². The predicted molar refractivity (Wildman–Crippen MR) is 108 cm³/mol. The molecule has 0 radical (unpaired) electrons. The molecule has 2 aromatic rings. The standard InChI is InChI=1S/C22H29N3O3/c26-21(8-7-16-9-11-23-12-10-16)25-13-3-5-18(15-25)24-22(27)20-14-17-4-1-2-6-19(17)28-20/h1-2,4,6,14,16,18,23H,3,5,7-13,15H2,(H,24,27). The fraction of sp³-hybridized carbons (Fsp3) is 0.545. The number of para-hydroxylation sites is 1. The maximum atomic E-state index is 12.6. The first kappa shape index (κ1) is 19.0. The number of nitrogens with zero attached hydrogens (tertiary/aromatic N) is 1. The molecule has 3 heterocycles. The molecule has 6 nitrogen and oxygen atoms in total. The van der Waals surface area contributed by atoms with Crippen molar-refractivity contribution in [3.8, 4) is 0 Å². The summed E-state index contributed by atoms with van der Waals surface area (Å²) in [7, 11) is 0. The second kappa shape index (κ2) is 8.78. The van der Waals surface area contributed by atoms with Crippen molar-refractivity contribution in [2.24, 2.45) is 5.92 Å². The average Bonchev–Trinajstić information content (AvgIpc) is 3.17. The van der Waals surface area contributed by atoms with Gasteiger partial charge in [0.2, 0.25) is 5.91 Å². The Hall–Kier alpha value is -2.34. The summed E-state index contributed by atoms with van der Waals surface area (Å²) in [5.74, 6) is 1.01. The van der Waals surface area contributed by atoms with Gasteiger partial charge in [-0.1, -0.05) is 18.2 Å². The van der Waals surface area contributed by atoms with Crippen molar-refractivity contribution in [1.29, 1.82) is 0 Å². The number of amides is 2. The molecule has 0 saturated carbocycles. The van der Waals surface area contributed by atoms with Crippen LogP contribution in [0.25, 0.3) is 11.0 Å². The fourth-order valence-corrected chi connectivity index (χ4v) is 4.33. The van der Waals surface area contributed by atoms with Crippen LogP contribution in [0.4, 0.5) is 0 Å². The van der Waals surface area contributed by atoms with Crippen molar-refractivity contribution in [2.45, 2.75) is 44.6 Å². The Kier molecular flexibility index (Phi) is 5.95. The number of furan rings is 1. The first-order valence-corrected chi connectivity index (χ1v) is 10.5. The summed E-state index contributed by atoms with van der Waals surface area (Å²) in [5, 5.41) is 7.34. The summed E-state index contributed by atoms with van der Waals surface area (Å²) in [6.07, 6.45) is 5.75. The largest absolute Gasteiger partial charge is 0.451 e. The van der Waals surface area contributed by atoms with Crippen LogP contribution < -0.4 is 10.6 Å². The van der Waals surface area contributed by atoms with Crippen LogP contribution in [-0.4, -0.2) is 48.9 Å². The molecular weight excluding hydrogens is 354 g/mol. The number of carbonyl (C=O) groups is 2. The number of carbonyl (C=O) groups excluding carboxylic acids is 2. The first-order valence-electron chi connectivity index (χ1n) is 10.5. The van der Waals surface area contributed by atoms with E-state index in [1.807, 2.05) is 29.2 Å². The molecule has 2 fully saturated rings. The quantitative estimate of drug-likeness (QED) is 0.833. The molecule has 1 aromatic carbocycles. The first-order chi connectivity index (χ1) is 13.7. The van der Waals surface area contributed by atoms with Gasteiger partial charge < -0.3 is 20.0 Å². The molecular formula is C22H29N3O3. The van der Waals surface area contributed by atoms with Crippen molar-refractivity contribution in [3.05, 3.63) is 36.1 Å². The van der Waals surface area contributed by atoms with Crippen LogP contribution in [0.15, 0.2) is 34.7 Å². The van der Waals surface area contributed by atoms with Gasteiger partial charge in [-0.25, -0.2) is 0 Å². The van der Waals surface area contributed by atoms with Gasteiger partial charge in [0.1, 0.15) is 5.58 Å². The lowest BCUT2D eigenvalue weighted by atomic mass is 9.93. The van der Waals surface area contributed by atoms with E-state index in [2.05, 4.69) is 10.6 Å². The summed E-state index contributed by atoms with van der Waals surface area (Å²) in [6.45, 7) is 3.52. The molecule has 150 valence electrons. The van der Waals surface area contributed by atoms with Gasteiger partial charge in [0.25, 0.3) is 5.91 Å². The van der Waals surface area contributed by atoms with Crippen molar-refractivity contribution in [2.75, 3.05) is 26.2 Å². The van der Waals surface area contributed by atoms with Crippen LogP contribution in [0, 0.1) is 5.92 Å². The Morgan fingerprint density at radius 2 is 2.00 bits per heavy atom. The lowest BCUT2D eigenvalue weighted by molar-refractivity contribution is -0.132. The maximum absolute atomic E-state index is 12.6. The predicted octanol–water partition coefficient (Wildman–Crippen LogP) is 2.93. The number of fused-ring (bicyclic) bond motifs is 1. The molecule has 2 aliphatic heterocycles. The van der Waals surface area contributed by atoms with E-state index >= 15 is 0 Å². The highest BCUT2D eigenvalue weighted by Gasteiger charge is 2.26. The van der Waals surface area contributed by atoms with Crippen molar-refractivity contribution >= 4 is 22.8 Å². The van der Waals surface area contributed by atoms with Gasteiger partial charge in [-0.15, -0.1) is 0 Å². The molecule has 2 N–H and O–H groups in total. The zero-order chi connectivity index (χ0) is 19.3. The number of benzene rings is 1. The van der Waals surface area contributed by atoms with Crippen LogP contribution in [0.2, 0.25) is 0 Å². The SMILES string of the molecule is O=C(NC1CCCN(C(=O)CCC2CCNCC2)C1)c1cc2ccccc2o1. The topological polar surface area (TPSA) is 74.6 Å². The third-order valence-electron chi connectivity index (χ3n) is 5.98. The second-order valence-corrected chi connectivity index (χ2v) is 8.03. The van der Waals surface area contributed by atoms with Gasteiger partial charge in [-0.3, -0.25) is 9.59 Å². The normalized spacial score (nSPS) is 21.0. The molecule has 6 heteroatoms. The molecule has 1 atom stereocenters. The van der Waals surface area contributed by atoms with E-state index in [4.69, 9.17) is 4.42 Å². The number of likely N-dealkylation sites (tertiary alicyclic amines) is 1. The van der Waals surface area contributed by atoms with E-state index in [-0.39, 0.29) is 17.9 Å². The molecule has 28 heavy (non-hydrogen) atoms. The minimum Gasteiger partial charge on any atom is -0.451 e. The van der Waals surface area contributed by atoms with Gasteiger partial charge >= 0.3 is 0 Å². The van der Waals surface area contributed by atoms with Crippen molar-refractivity contribution < 1.29 is 14.0 Å². The number of piperidine rings is 2. The lowest BCUT2D eigenvalue weighted by Crippen LogP contribution is -2.49. The zero-order valence-corrected chi connectivity index (χ0v) is 16.3. The number of hydrogen-bond acceptors (Lipinski definition) is 4. The molecule has 0 bridgehead atoms. The highest BCUT2D eigenvalue weighted by molar-refractivity contribution is 5.96. The van der Waals surface area contributed by atoms with E-state index in [9.17, 15) is 9.59 Å². The molecule has 1 unspecified atom stereocenters. The number of hydrogen-bond donors (Lipinski definition) is 2. The van der Waals surface area contributed by atoms with Crippen LogP contribution in [0.5, 0.6) is 0 Å². The van der Waals surface area contributed by atoms with Crippen molar-refractivity contribution in [3.63, 3.8) is 0 Å². The van der Waals surface area contributed by atoms with Crippen LogP contribution in [0.1, 0.15) is 49.1 Å². The molecule has 1 aromatic heterocycles. The summed E-state index contributed by atoms with van der Waals surface area (Å²) < 4.78 is 5.65. The van der Waals surface area contributed by atoms with Crippen molar-refractivity contribution in [1.82, 2.24) is 15.5 Å². The lowest BCUT2D eigenvalue weighted by Gasteiger charge is -2.33. The maximum Gasteiger partial charge on any atom is 0.287 e. The average molecular weight is 383 g/mol. The van der Waals surface area contributed by atoms with E-state index < -0.39 is 0 Å².